The standard InChI is InChI=1S/C11H13N3S.ClH/c12-8-5-6-14(7-8)11-9-3-1-2-4-10(9)15-13-11;/h1-4,8H,5-7,12H2;1H/t8-;/m0./s1. The van der Waals surface area contributed by atoms with E-state index in [9.17, 15) is 0 Å². The zero-order valence-corrected chi connectivity index (χ0v) is 10.4. The lowest BCUT2D eigenvalue weighted by Gasteiger charge is -2.14. The van der Waals surface area contributed by atoms with E-state index < -0.39 is 0 Å². The lowest BCUT2D eigenvalue weighted by molar-refractivity contribution is 0.752. The first-order valence-electron chi connectivity index (χ1n) is 5.19. The molecule has 0 spiro atoms. The predicted molar refractivity (Wildman–Crippen MR) is 71.7 cm³/mol. The van der Waals surface area contributed by atoms with Crippen molar-refractivity contribution in [2.75, 3.05) is 18.0 Å². The molecule has 1 aromatic carbocycles. The Kier molecular flexibility index (Phi) is 3.33. The van der Waals surface area contributed by atoms with Crippen LogP contribution in [-0.4, -0.2) is 23.5 Å². The molecule has 2 N–H and O–H groups in total. The van der Waals surface area contributed by atoms with Crippen LogP contribution < -0.4 is 10.6 Å². The molecule has 1 aliphatic rings. The summed E-state index contributed by atoms with van der Waals surface area (Å²) in [5.41, 5.74) is 5.91. The summed E-state index contributed by atoms with van der Waals surface area (Å²) in [5.74, 6) is 1.11. The van der Waals surface area contributed by atoms with Crippen LogP contribution in [0.25, 0.3) is 10.1 Å². The second-order valence-electron chi connectivity index (χ2n) is 4.00. The molecule has 0 saturated carbocycles. The van der Waals surface area contributed by atoms with E-state index in [2.05, 4.69) is 33.5 Å². The maximum atomic E-state index is 5.91. The highest BCUT2D eigenvalue weighted by Gasteiger charge is 2.22. The Morgan fingerprint density at radius 1 is 1.38 bits per heavy atom. The van der Waals surface area contributed by atoms with Gasteiger partial charge in [0.15, 0.2) is 0 Å². The summed E-state index contributed by atoms with van der Waals surface area (Å²) in [6.07, 6.45) is 1.08. The zero-order chi connectivity index (χ0) is 10.3. The number of fused-ring (bicyclic) bond motifs is 1. The van der Waals surface area contributed by atoms with Crippen molar-refractivity contribution in [2.45, 2.75) is 12.5 Å². The van der Waals surface area contributed by atoms with Crippen LogP contribution in [-0.2, 0) is 0 Å². The zero-order valence-electron chi connectivity index (χ0n) is 8.80. The summed E-state index contributed by atoms with van der Waals surface area (Å²) in [7, 11) is 0. The molecule has 16 heavy (non-hydrogen) atoms. The Bertz CT molecular complexity index is 485. The minimum atomic E-state index is 0. The summed E-state index contributed by atoms with van der Waals surface area (Å²) in [6.45, 7) is 1.97. The van der Waals surface area contributed by atoms with Crippen molar-refractivity contribution < 1.29 is 0 Å². The van der Waals surface area contributed by atoms with Gasteiger partial charge in [-0.25, -0.2) is 0 Å². The maximum Gasteiger partial charge on any atom is 0.150 e. The van der Waals surface area contributed by atoms with E-state index in [1.807, 2.05) is 0 Å². The minimum absolute atomic E-state index is 0. The van der Waals surface area contributed by atoms with Crippen LogP contribution >= 0.6 is 23.9 Å². The Morgan fingerprint density at radius 3 is 2.94 bits per heavy atom. The van der Waals surface area contributed by atoms with Gasteiger partial charge in [0.05, 0.1) is 4.70 Å². The molecule has 2 aromatic rings. The van der Waals surface area contributed by atoms with Crippen LogP contribution in [0.2, 0.25) is 0 Å². The smallest absolute Gasteiger partial charge is 0.150 e. The molecule has 1 atom stereocenters. The second kappa shape index (κ2) is 4.57. The average molecular weight is 256 g/mol. The van der Waals surface area contributed by atoms with Crippen molar-refractivity contribution in [3.8, 4) is 0 Å². The predicted octanol–water partition coefficient (Wildman–Crippen LogP) is 2.26. The SMILES string of the molecule is Cl.N[C@H]1CCN(c2nsc3ccccc23)C1. The quantitative estimate of drug-likeness (QED) is 0.850. The lowest BCUT2D eigenvalue weighted by atomic mass is 10.2. The minimum Gasteiger partial charge on any atom is -0.354 e. The summed E-state index contributed by atoms with van der Waals surface area (Å²) >= 11 is 1.57. The van der Waals surface area contributed by atoms with Gasteiger partial charge in [-0.05, 0) is 30.1 Å². The van der Waals surface area contributed by atoms with Gasteiger partial charge in [-0.15, -0.1) is 12.4 Å². The van der Waals surface area contributed by atoms with E-state index in [1.54, 1.807) is 11.5 Å². The van der Waals surface area contributed by atoms with Gasteiger partial charge >= 0.3 is 0 Å². The van der Waals surface area contributed by atoms with Gasteiger partial charge in [-0.1, -0.05) is 12.1 Å². The molecule has 0 radical (unpaired) electrons. The molecule has 0 bridgehead atoms. The van der Waals surface area contributed by atoms with E-state index >= 15 is 0 Å². The van der Waals surface area contributed by atoms with Gasteiger partial charge in [-0.3, -0.25) is 0 Å². The largest absolute Gasteiger partial charge is 0.354 e. The number of halogens is 1. The molecule has 1 saturated heterocycles. The van der Waals surface area contributed by atoms with Crippen molar-refractivity contribution in [3.63, 3.8) is 0 Å². The van der Waals surface area contributed by atoms with Crippen molar-refractivity contribution in [3.05, 3.63) is 24.3 Å². The molecule has 3 rings (SSSR count). The van der Waals surface area contributed by atoms with Gasteiger partial charge in [0.25, 0.3) is 0 Å². The first-order chi connectivity index (χ1) is 7.34. The van der Waals surface area contributed by atoms with Crippen molar-refractivity contribution in [1.82, 2.24) is 4.37 Å². The summed E-state index contributed by atoms with van der Waals surface area (Å²) in [4.78, 5) is 2.30. The molecule has 1 aromatic heterocycles. The van der Waals surface area contributed by atoms with Crippen LogP contribution in [0.5, 0.6) is 0 Å². The molecule has 0 aliphatic carbocycles. The number of nitrogens with zero attached hydrogens (tertiary/aromatic N) is 2. The van der Waals surface area contributed by atoms with E-state index in [1.165, 1.54) is 10.1 Å². The number of hydrogen-bond donors (Lipinski definition) is 1. The highest BCUT2D eigenvalue weighted by atomic mass is 35.5. The molecule has 1 fully saturated rings. The Morgan fingerprint density at radius 2 is 2.19 bits per heavy atom. The third kappa shape index (κ3) is 1.88. The molecule has 3 nitrogen and oxygen atoms in total. The van der Waals surface area contributed by atoms with Gasteiger partial charge in [-0.2, -0.15) is 4.37 Å². The molecule has 0 amide bonds. The van der Waals surface area contributed by atoms with Gasteiger partial charge in [0.1, 0.15) is 5.82 Å². The van der Waals surface area contributed by atoms with Crippen LogP contribution in [0.15, 0.2) is 24.3 Å². The summed E-state index contributed by atoms with van der Waals surface area (Å²) < 4.78 is 5.78. The number of rotatable bonds is 1. The fraction of sp³-hybridized carbons (Fsp3) is 0.364. The van der Waals surface area contributed by atoms with Crippen molar-refractivity contribution in [1.29, 1.82) is 0 Å². The highest BCUT2D eigenvalue weighted by Crippen LogP contribution is 2.30. The molecule has 2 heterocycles. The van der Waals surface area contributed by atoms with E-state index in [0.717, 1.165) is 25.3 Å². The van der Waals surface area contributed by atoms with Crippen LogP contribution in [0.3, 0.4) is 0 Å². The molecule has 1 aliphatic heterocycles. The number of nitrogens with two attached hydrogens (primary N) is 1. The van der Waals surface area contributed by atoms with Crippen LogP contribution in [0.4, 0.5) is 5.82 Å². The van der Waals surface area contributed by atoms with Gasteiger partial charge in [0.2, 0.25) is 0 Å². The molecular weight excluding hydrogens is 242 g/mol. The average Bonchev–Trinajstić information content (AvgIpc) is 2.83. The van der Waals surface area contributed by atoms with Crippen molar-refractivity contribution >= 4 is 39.8 Å². The summed E-state index contributed by atoms with van der Waals surface area (Å²) in [6, 6.07) is 8.69. The van der Waals surface area contributed by atoms with E-state index in [-0.39, 0.29) is 12.4 Å². The molecule has 0 unspecified atom stereocenters. The maximum absolute atomic E-state index is 5.91. The van der Waals surface area contributed by atoms with Crippen LogP contribution in [0, 0.1) is 0 Å². The summed E-state index contributed by atoms with van der Waals surface area (Å²) in [5, 5.41) is 1.26. The third-order valence-corrected chi connectivity index (χ3v) is 3.70. The molecular formula is C11H14ClN3S. The fourth-order valence-electron chi connectivity index (χ4n) is 2.08. The second-order valence-corrected chi connectivity index (χ2v) is 4.80. The number of benzene rings is 1. The number of anilines is 1. The normalized spacial score (nSPS) is 20.1. The van der Waals surface area contributed by atoms with E-state index in [0.29, 0.717) is 6.04 Å². The number of hydrogen-bond acceptors (Lipinski definition) is 4. The first-order valence-corrected chi connectivity index (χ1v) is 5.97. The third-order valence-electron chi connectivity index (χ3n) is 2.88. The highest BCUT2D eigenvalue weighted by molar-refractivity contribution is 7.13. The number of aromatic nitrogens is 1. The fourth-order valence-corrected chi connectivity index (χ4v) is 2.88. The van der Waals surface area contributed by atoms with Gasteiger partial charge < -0.3 is 10.6 Å². The lowest BCUT2D eigenvalue weighted by Crippen LogP contribution is -2.26. The molecule has 86 valence electrons. The Balaban J connectivity index is 0.000000963. The Labute approximate surface area is 105 Å². The van der Waals surface area contributed by atoms with Crippen molar-refractivity contribution in [2.24, 2.45) is 5.73 Å². The Hall–Kier alpha value is -0.840. The van der Waals surface area contributed by atoms with Crippen LogP contribution in [0.1, 0.15) is 6.42 Å². The first kappa shape index (κ1) is 11.6. The topological polar surface area (TPSA) is 42.1 Å². The van der Waals surface area contributed by atoms with E-state index in [4.69, 9.17) is 5.73 Å². The van der Waals surface area contributed by atoms with Gasteiger partial charge in [0, 0.05) is 24.5 Å². The molecule has 5 heteroatoms. The monoisotopic (exact) mass is 255 g/mol.